The molecule has 0 unspecified atom stereocenters. The first-order valence-corrected chi connectivity index (χ1v) is 7.66. The minimum Gasteiger partial charge on any atom is -0.444 e. The van der Waals surface area contributed by atoms with Gasteiger partial charge in [0.15, 0.2) is 0 Å². The molecule has 0 saturated carbocycles. The van der Waals surface area contributed by atoms with Crippen LogP contribution in [0, 0.1) is 5.92 Å². The molecular formula is C14H14Cl3NO3. The molecule has 0 aromatic heterocycles. The molecule has 1 heterocycles. The third kappa shape index (κ3) is 3.12. The number of carbonyl (C=O) groups excluding carboxylic acids is 2. The molecule has 1 aromatic rings. The van der Waals surface area contributed by atoms with Gasteiger partial charge in [-0.15, -0.1) is 11.6 Å². The van der Waals surface area contributed by atoms with Gasteiger partial charge in [0, 0.05) is 17.8 Å². The zero-order valence-electron chi connectivity index (χ0n) is 11.3. The maximum Gasteiger partial charge on any atom is 0.417 e. The Balaban J connectivity index is 2.07. The molecule has 0 N–H and O–H groups in total. The molecule has 0 radical (unpaired) electrons. The van der Waals surface area contributed by atoms with E-state index in [1.807, 2.05) is 30.3 Å². The van der Waals surface area contributed by atoms with Crippen molar-refractivity contribution in [1.29, 1.82) is 0 Å². The Hall–Kier alpha value is -0.970. The first-order valence-electron chi connectivity index (χ1n) is 6.37. The number of hydrogen-bond acceptors (Lipinski definition) is 3. The number of halogens is 3. The number of alkyl halides is 3. The Morgan fingerprint density at radius 1 is 1.33 bits per heavy atom. The van der Waals surface area contributed by atoms with E-state index < -0.39 is 28.3 Å². The molecular weight excluding hydrogens is 337 g/mol. The summed E-state index contributed by atoms with van der Waals surface area (Å²) >= 11 is 17.8. The Morgan fingerprint density at radius 3 is 2.48 bits per heavy atom. The molecule has 0 spiro atoms. The van der Waals surface area contributed by atoms with Crippen LogP contribution in [0.5, 0.6) is 0 Å². The zero-order chi connectivity index (χ0) is 15.6. The predicted molar refractivity (Wildman–Crippen MR) is 81.6 cm³/mol. The fraction of sp³-hybridized carbons (Fsp3) is 0.429. The monoisotopic (exact) mass is 349 g/mol. The fourth-order valence-electron chi connectivity index (χ4n) is 2.25. The lowest BCUT2D eigenvalue weighted by Crippen LogP contribution is -2.40. The molecule has 1 aliphatic rings. The van der Waals surface area contributed by atoms with Gasteiger partial charge in [0.05, 0.1) is 0 Å². The molecule has 4 nitrogen and oxygen atoms in total. The van der Waals surface area contributed by atoms with Crippen molar-refractivity contribution in [3.8, 4) is 0 Å². The van der Waals surface area contributed by atoms with Crippen LogP contribution in [0.4, 0.5) is 4.79 Å². The molecule has 7 heteroatoms. The summed E-state index contributed by atoms with van der Waals surface area (Å²) in [5, 5.41) is 0. The van der Waals surface area contributed by atoms with Gasteiger partial charge in [0.2, 0.25) is 4.33 Å². The third-order valence-corrected chi connectivity index (χ3v) is 4.74. The number of likely N-dealkylation sites (tertiary alicyclic amines) is 1. The number of benzene rings is 1. The molecule has 2 rings (SSSR count). The van der Waals surface area contributed by atoms with Crippen LogP contribution in [0.3, 0.4) is 0 Å². The van der Waals surface area contributed by atoms with E-state index in [9.17, 15) is 9.59 Å². The Morgan fingerprint density at radius 2 is 1.95 bits per heavy atom. The zero-order valence-corrected chi connectivity index (χ0v) is 13.5. The van der Waals surface area contributed by atoms with Crippen molar-refractivity contribution in [2.45, 2.75) is 23.9 Å². The van der Waals surface area contributed by atoms with Gasteiger partial charge in [0.25, 0.3) is 5.91 Å². The number of carbonyl (C=O) groups is 2. The largest absolute Gasteiger partial charge is 0.444 e. The number of hydrogen-bond donors (Lipinski definition) is 0. The van der Waals surface area contributed by atoms with Crippen molar-refractivity contribution >= 4 is 46.8 Å². The van der Waals surface area contributed by atoms with Gasteiger partial charge in [-0.1, -0.05) is 53.5 Å². The normalized spacial score (nSPS) is 24.2. The van der Waals surface area contributed by atoms with Crippen LogP contribution >= 0.6 is 34.8 Å². The molecule has 1 aliphatic heterocycles. The van der Waals surface area contributed by atoms with Crippen molar-refractivity contribution in [3.05, 3.63) is 35.9 Å². The van der Waals surface area contributed by atoms with Crippen molar-refractivity contribution in [3.63, 3.8) is 0 Å². The van der Waals surface area contributed by atoms with E-state index in [0.29, 0.717) is 0 Å². The third-order valence-electron chi connectivity index (χ3n) is 3.53. The number of ether oxygens (including phenoxy) is 1. The van der Waals surface area contributed by atoms with Crippen molar-refractivity contribution in [2.24, 2.45) is 5.92 Å². The lowest BCUT2D eigenvalue weighted by atomic mass is 10.0. The van der Waals surface area contributed by atoms with Crippen LogP contribution in [0.25, 0.3) is 0 Å². The van der Waals surface area contributed by atoms with Crippen LogP contribution in [0.1, 0.15) is 12.5 Å². The summed E-state index contributed by atoms with van der Waals surface area (Å²) in [7, 11) is 0. The fourth-order valence-corrected chi connectivity index (χ4v) is 3.60. The topological polar surface area (TPSA) is 46.6 Å². The maximum absolute atomic E-state index is 12.2. The SMILES string of the molecule is C[C@@H]1[C@@H](CCl)C(Cl)(Cl)C(=O)N1C(=O)OCc1ccccc1. The second-order valence-electron chi connectivity index (χ2n) is 4.84. The summed E-state index contributed by atoms with van der Waals surface area (Å²) < 4.78 is 3.44. The van der Waals surface area contributed by atoms with E-state index in [1.54, 1.807) is 6.92 Å². The molecule has 114 valence electrons. The Labute approximate surface area is 137 Å². The van der Waals surface area contributed by atoms with E-state index >= 15 is 0 Å². The lowest BCUT2D eigenvalue weighted by molar-refractivity contribution is -0.127. The number of rotatable bonds is 3. The summed E-state index contributed by atoms with van der Waals surface area (Å²) in [6.45, 7) is 1.74. The van der Waals surface area contributed by atoms with Gasteiger partial charge < -0.3 is 4.74 Å². The van der Waals surface area contributed by atoms with Crippen LogP contribution in [0.2, 0.25) is 0 Å². The maximum atomic E-state index is 12.2. The second kappa shape index (κ2) is 6.42. The van der Waals surface area contributed by atoms with E-state index in [2.05, 4.69) is 0 Å². The van der Waals surface area contributed by atoms with Crippen LogP contribution < -0.4 is 0 Å². The minimum atomic E-state index is -1.70. The highest BCUT2D eigenvalue weighted by molar-refractivity contribution is 6.59. The van der Waals surface area contributed by atoms with Gasteiger partial charge in [-0.2, -0.15) is 0 Å². The highest BCUT2D eigenvalue weighted by atomic mass is 35.5. The highest BCUT2D eigenvalue weighted by Gasteiger charge is 2.58. The summed E-state index contributed by atoms with van der Waals surface area (Å²) in [6, 6.07) is 8.64. The molecule has 1 fully saturated rings. The number of imide groups is 1. The lowest BCUT2D eigenvalue weighted by Gasteiger charge is -2.21. The number of amides is 2. The molecule has 2 amide bonds. The molecule has 0 bridgehead atoms. The first-order chi connectivity index (χ1) is 9.89. The smallest absolute Gasteiger partial charge is 0.417 e. The summed E-state index contributed by atoms with van der Waals surface area (Å²) in [4.78, 5) is 25.2. The van der Waals surface area contributed by atoms with Gasteiger partial charge >= 0.3 is 6.09 Å². The molecule has 1 saturated heterocycles. The van der Waals surface area contributed by atoms with Crippen molar-refractivity contribution < 1.29 is 14.3 Å². The average Bonchev–Trinajstić information content (AvgIpc) is 2.63. The van der Waals surface area contributed by atoms with E-state index in [-0.39, 0.29) is 12.5 Å². The second-order valence-corrected chi connectivity index (χ2v) is 6.53. The first kappa shape index (κ1) is 16.4. The Bertz CT molecular complexity index is 536. The Kier molecular flexibility index (Phi) is 5.02. The highest BCUT2D eigenvalue weighted by Crippen LogP contribution is 2.43. The van der Waals surface area contributed by atoms with E-state index in [4.69, 9.17) is 39.5 Å². The van der Waals surface area contributed by atoms with Crippen LogP contribution in [-0.2, 0) is 16.1 Å². The van der Waals surface area contributed by atoms with E-state index in [1.165, 1.54) is 0 Å². The quantitative estimate of drug-likeness (QED) is 0.783. The standard InChI is InChI=1S/C14H14Cl3NO3/c1-9-11(7-15)14(16,17)12(19)18(9)13(20)21-8-10-5-3-2-4-6-10/h2-6,9,11H,7-8H2,1H3/t9-,11-/m1/s1. The van der Waals surface area contributed by atoms with Crippen molar-refractivity contribution in [2.75, 3.05) is 5.88 Å². The summed E-state index contributed by atoms with van der Waals surface area (Å²) in [6.07, 6.45) is -0.769. The van der Waals surface area contributed by atoms with Crippen LogP contribution in [0.15, 0.2) is 30.3 Å². The minimum absolute atomic E-state index is 0.0687. The summed E-state index contributed by atoms with van der Waals surface area (Å²) in [5.41, 5.74) is 0.821. The van der Waals surface area contributed by atoms with Gasteiger partial charge in [-0.3, -0.25) is 4.79 Å². The molecule has 1 aromatic carbocycles. The number of nitrogens with zero attached hydrogens (tertiary/aromatic N) is 1. The van der Waals surface area contributed by atoms with Gasteiger partial charge in [-0.25, -0.2) is 9.69 Å². The van der Waals surface area contributed by atoms with Gasteiger partial charge in [0.1, 0.15) is 6.61 Å². The molecule has 21 heavy (non-hydrogen) atoms. The molecule has 0 aliphatic carbocycles. The van der Waals surface area contributed by atoms with Crippen LogP contribution in [-0.4, -0.2) is 33.2 Å². The van der Waals surface area contributed by atoms with E-state index in [0.717, 1.165) is 10.5 Å². The van der Waals surface area contributed by atoms with Crippen molar-refractivity contribution in [1.82, 2.24) is 4.90 Å². The average molecular weight is 351 g/mol. The summed E-state index contributed by atoms with van der Waals surface area (Å²) in [5.74, 6) is -1.16. The van der Waals surface area contributed by atoms with Gasteiger partial charge in [-0.05, 0) is 12.5 Å². The predicted octanol–water partition coefficient (Wildman–Crippen LogP) is 3.58. The molecule has 2 atom stereocenters.